The van der Waals surface area contributed by atoms with Crippen LogP contribution in [0.25, 0.3) is 11.1 Å². The number of urea groups is 2. The molecule has 0 heterocycles. The molecule has 4 aromatic carbocycles. The summed E-state index contributed by atoms with van der Waals surface area (Å²) in [6, 6.07) is 33.1. The second kappa shape index (κ2) is 9.95. The van der Waals surface area contributed by atoms with Gasteiger partial charge in [0.2, 0.25) is 0 Å². The fourth-order valence-corrected chi connectivity index (χ4v) is 3.12. The summed E-state index contributed by atoms with van der Waals surface area (Å²) in [5.74, 6) is 0. The minimum absolute atomic E-state index is 0.298. The minimum atomic E-state index is -0.298. The molecule has 0 spiro atoms. The van der Waals surface area contributed by atoms with Crippen molar-refractivity contribution in [2.45, 2.75) is 0 Å². The summed E-state index contributed by atoms with van der Waals surface area (Å²) in [6.45, 7) is 0. The van der Waals surface area contributed by atoms with Gasteiger partial charge in [-0.15, -0.1) is 0 Å². The molecule has 4 rings (SSSR count). The predicted molar refractivity (Wildman–Crippen MR) is 130 cm³/mol. The summed E-state index contributed by atoms with van der Waals surface area (Å²) in [4.78, 5) is 24.2. The second-order valence-electron chi connectivity index (χ2n) is 7.04. The highest BCUT2D eigenvalue weighted by Gasteiger charge is 2.05. The van der Waals surface area contributed by atoms with Gasteiger partial charge in [-0.25, -0.2) is 9.59 Å². The van der Waals surface area contributed by atoms with Gasteiger partial charge < -0.3 is 21.3 Å². The molecule has 0 saturated carbocycles. The Morgan fingerprint density at radius 2 is 0.656 bits per heavy atom. The molecule has 4 N–H and O–H groups in total. The number of benzene rings is 4. The van der Waals surface area contributed by atoms with Crippen molar-refractivity contribution >= 4 is 34.8 Å². The molecule has 0 atom stereocenters. The number of nitrogens with one attached hydrogen (secondary N) is 4. The summed E-state index contributed by atoms with van der Waals surface area (Å²) in [7, 11) is 0. The van der Waals surface area contributed by atoms with Crippen LogP contribution < -0.4 is 21.3 Å². The molecule has 0 radical (unpaired) electrons. The number of hydrogen-bond donors (Lipinski definition) is 4. The van der Waals surface area contributed by atoms with Gasteiger partial charge in [-0.05, 0) is 59.7 Å². The van der Waals surface area contributed by atoms with Crippen LogP contribution in [0.5, 0.6) is 0 Å². The van der Waals surface area contributed by atoms with Crippen LogP contribution in [-0.4, -0.2) is 12.1 Å². The maximum absolute atomic E-state index is 12.1. The Bertz CT molecular complexity index is 1080. The summed E-state index contributed by atoms with van der Waals surface area (Å²) in [5.41, 5.74) is 4.84. The van der Waals surface area contributed by atoms with Crippen LogP contribution in [0.3, 0.4) is 0 Å². The van der Waals surface area contributed by atoms with Crippen molar-refractivity contribution in [3.63, 3.8) is 0 Å². The van der Waals surface area contributed by atoms with Crippen LogP contribution in [0, 0.1) is 0 Å². The Hall–Kier alpha value is -4.58. The highest BCUT2D eigenvalue weighted by Crippen LogP contribution is 2.23. The first kappa shape index (κ1) is 20.7. The molecule has 0 bridgehead atoms. The lowest BCUT2D eigenvalue weighted by Crippen LogP contribution is -2.19. The van der Waals surface area contributed by atoms with Crippen LogP contribution >= 0.6 is 0 Å². The van der Waals surface area contributed by atoms with Crippen LogP contribution in [0.4, 0.5) is 32.3 Å². The molecular formula is C26H22N4O2. The first-order valence-electron chi connectivity index (χ1n) is 10.1. The minimum Gasteiger partial charge on any atom is -0.308 e. The van der Waals surface area contributed by atoms with E-state index in [0.29, 0.717) is 11.4 Å². The number of anilines is 4. The molecule has 0 aromatic heterocycles. The van der Waals surface area contributed by atoms with Crippen LogP contribution in [0.15, 0.2) is 109 Å². The Morgan fingerprint density at radius 1 is 0.375 bits per heavy atom. The van der Waals surface area contributed by atoms with Crippen molar-refractivity contribution in [1.82, 2.24) is 0 Å². The number of para-hydroxylation sites is 2. The van der Waals surface area contributed by atoms with Gasteiger partial charge in [0.15, 0.2) is 0 Å². The van der Waals surface area contributed by atoms with E-state index in [1.54, 1.807) is 0 Å². The highest BCUT2D eigenvalue weighted by atomic mass is 16.2. The zero-order chi connectivity index (χ0) is 22.2. The van der Waals surface area contributed by atoms with E-state index in [0.717, 1.165) is 22.5 Å². The lowest BCUT2D eigenvalue weighted by atomic mass is 10.1. The lowest BCUT2D eigenvalue weighted by Gasteiger charge is -2.10. The number of carbonyl (C=O) groups is 2. The molecule has 0 fully saturated rings. The maximum atomic E-state index is 12.1. The molecule has 4 aromatic rings. The molecule has 0 aliphatic carbocycles. The molecular weight excluding hydrogens is 400 g/mol. The Kier molecular flexibility index (Phi) is 6.43. The van der Waals surface area contributed by atoms with Crippen molar-refractivity contribution in [2.24, 2.45) is 0 Å². The van der Waals surface area contributed by atoms with E-state index < -0.39 is 0 Å². The summed E-state index contributed by atoms with van der Waals surface area (Å²) in [5, 5.41) is 11.2. The van der Waals surface area contributed by atoms with E-state index in [1.807, 2.05) is 109 Å². The van der Waals surface area contributed by atoms with Gasteiger partial charge in [-0.1, -0.05) is 60.7 Å². The molecule has 4 amide bonds. The lowest BCUT2D eigenvalue weighted by molar-refractivity contribution is 0.261. The smallest absolute Gasteiger partial charge is 0.308 e. The zero-order valence-electron chi connectivity index (χ0n) is 17.2. The average molecular weight is 422 g/mol. The first-order valence-corrected chi connectivity index (χ1v) is 10.1. The molecule has 0 aliphatic rings. The second-order valence-corrected chi connectivity index (χ2v) is 7.04. The Morgan fingerprint density at radius 3 is 0.969 bits per heavy atom. The highest BCUT2D eigenvalue weighted by molar-refractivity contribution is 6.00. The fraction of sp³-hybridized carbons (Fsp3) is 0. The molecule has 158 valence electrons. The summed E-state index contributed by atoms with van der Waals surface area (Å²) >= 11 is 0. The SMILES string of the molecule is O=C(Nc1ccccc1)Nc1ccc(-c2ccc(NC(=O)Nc3ccccc3)cc2)cc1. The van der Waals surface area contributed by atoms with Gasteiger partial charge in [0.25, 0.3) is 0 Å². The standard InChI is InChI=1S/C26H22N4O2/c31-25(27-21-7-3-1-4-8-21)29-23-15-11-19(12-16-23)20-13-17-24(18-14-20)30-26(32)28-22-9-5-2-6-10-22/h1-18H,(H2,27,29,31)(H2,28,30,32). The van der Waals surface area contributed by atoms with Gasteiger partial charge in [-0.2, -0.15) is 0 Å². The normalized spacial score (nSPS) is 10.1. The third kappa shape index (κ3) is 5.73. The van der Waals surface area contributed by atoms with E-state index in [-0.39, 0.29) is 12.1 Å². The molecule has 6 nitrogen and oxygen atoms in total. The number of rotatable bonds is 5. The first-order chi connectivity index (χ1) is 15.7. The monoisotopic (exact) mass is 422 g/mol. The topological polar surface area (TPSA) is 82.3 Å². The zero-order valence-corrected chi connectivity index (χ0v) is 17.2. The van der Waals surface area contributed by atoms with E-state index in [4.69, 9.17) is 0 Å². The van der Waals surface area contributed by atoms with Gasteiger partial charge in [0.05, 0.1) is 0 Å². The predicted octanol–water partition coefficient (Wildman–Crippen LogP) is 6.64. The number of amides is 4. The van der Waals surface area contributed by atoms with Gasteiger partial charge in [0.1, 0.15) is 0 Å². The summed E-state index contributed by atoms with van der Waals surface area (Å²) in [6.07, 6.45) is 0. The van der Waals surface area contributed by atoms with Crippen LogP contribution in [0.1, 0.15) is 0 Å². The molecule has 6 heteroatoms. The fourth-order valence-electron chi connectivity index (χ4n) is 3.12. The van der Waals surface area contributed by atoms with Gasteiger partial charge in [0, 0.05) is 22.7 Å². The molecule has 0 saturated heterocycles. The van der Waals surface area contributed by atoms with E-state index in [1.165, 1.54) is 0 Å². The van der Waals surface area contributed by atoms with Gasteiger partial charge >= 0.3 is 12.1 Å². The third-order valence-corrected chi connectivity index (χ3v) is 4.68. The Labute approximate surface area is 186 Å². The van der Waals surface area contributed by atoms with Crippen molar-refractivity contribution in [3.05, 3.63) is 109 Å². The van der Waals surface area contributed by atoms with Crippen LogP contribution in [-0.2, 0) is 0 Å². The quantitative estimate of drug-likeness (QED) is 0.291. The largest absolute Gasteiger partial charge is 0.323 e. The van der Waals surface area contributed by atoms with Crippen molar-refractivity contribution in [1.29, 1.82) is 0 Å². The number of hydrogen-bond acceptors (Lipinski definition) is 2. The van der Waals surface area contributed by atoms with Crippen molar-refractivity contribution in [2.75, 3.05) is 21.3 Å². The third-order valence-electron chi connectivity index (χ3n) is 4.68. The number of carbonyl (C=O) groups excluding carboxylic acids is 2. The van der Waals surface area contributed by atoms with E-state index >= 15 is 0 Å². The van der Waals surface area contributed by atoms with Crippen molar-refractivity contribution in [3.8, 4) is 11.1 Å². The maximum Gasteiger partial charge on any atom is 0.323 e. The van der Waals surface area contributed by atoms with Crippen LogP contribution in [0.2, 0.25) is 0 Å². The van der Waals surface area contributed by atoms with E-state index in [9.17, 15) is 9.59 Å². The molecule has 0 unspecified atom stereocenters. The van der Waals surface area contributed by atoms with E-state index in [2.05, 4.69) is 21.3 Å². The summed E-state index contributed by atoms with van der Waals surface area (Å²) < 4.78 is 0. The van der Waals surface area contributed by atoms with Gasteiger partial charge in [-0.3, -0.25) is 0 Å². The average Bonchev–Trinajstić information content (AvgIpc) is 2.81. The molecule has 32 heavy (non-hydrogen) atoms. The molecule has 0 aliphatic heterocycles. The van der Waals surface area contributed by atoms with Crippen molar-refractivity contribution < 1.29 is 9.59 Å². The Balaban J connectivity index is 1.32.